The molecular formula is C14H9NO5S2-2. The molecule has 0 radical (unpaired) electrons. The Morgan fingerprint density at radius 3 is 2.36 bits per heavy atom. The minimum atomic E-state index is -1.39. The number of thioether (sulfide) groups is 1. The fraction of sp³-hybridized carbons (Fsp3) is 0.143. The Morgan fingerprint density at radius 2 is 1.86 bits per heavy atom. The van der Waals surface area contributed by atoms with Crippen molar-refractivity contribution in [2.75, 3.05) is 0 Å². The molecule has 6 nitrogen and oxygen atoms in total. The molecular weight excluding hydrogens is 326 g/mol. The van der Waals surface area contributed by atoms with Crippen LogP contribution in [0.5, 0.6) is 0 Å². The molecule has 1 unspecified atom stereocenters. The highest BCUT2D eigenvalue weighted by atomic mass is 32.2. The summed E-state index contributed by atoms with van der Waals surface area (Å²) in [6.07, 6.45) is 1.51. The number of nitrogens with zero attached hydrogens (tertiary/aromatic N) is 1. The number of thiocarbonyl (C=S) groups is 1. The highest BCUT2D eigenvalue weighted by Gasteiger charge is 2.35. The molecule has 1 aliphatic rings. The Kier molecular flexibility index (Phi) is 4.62. The first kappa shape index (κ1) is 16.2. The highest BCUT2D eigenvalue weighted by Crippen LogP contribution is 2.33. The van der Waals surface area contributed by atoms with Crippen molar-refractivity contribution in [3.05, 3.63) is 40.3 Å². The van der Waals surface area contributed by atoms with Gasteiger partial charge in [0.2, 0.25) is 0 Å². The summed E-state index contributed by atoms with van der Waals surface area (Å²) in [5.41, 5.74) is 0.613. The van der Waals surface area contributed by atoms with Gasteiger partial charge in [-0.3, -0.25) is 9.69 Å². The van der Waals surface area contributed by atoms with Gasteiger partial charge in [-0.05, 0) is 24.1 Å². The maximum Gasteiger partial charge on any atom is 0.266 e. The van der Waals surface area contributed by atoms with Gasteiger partial charge in [-0.2, -0.15) is 0 Å². The molecule has 1 atom stereocenters. The monoisotopic (exact) mass is 335 g/mol. The molecule has 0 aliphatic carbocycles. The van der Waals surface area contributed by atoms with E-state index in [1.807, 2.05) is 0 Å². The number of benzene rings is 1. The van der Waals surface area contributed by atoms with Gasteiger partial charge in [-0.1, -0.05) is 48.2 Å². The summed E-state index contributed by atoms with van der Waals surface area (Å²) < 4.78 is 0.138. The molecule has 1 saturated heterocycles. The summed E-state index contributed by atoms with van der Waals surface area (Å²) in [7, 11) is 0. The number of hydrogen-bond acceptors (Lipinski definition) is 7. The van der Waals surface area contributed by atoms with Crippen LogP contribution < -0.4 is 10.2 Å². The van der Waals surface area contributed by atoms with Crippen molar-refractivity contribution in [2.24, 2.45) is 0 Å². The fourth-order valence-electron chi connectivity index (χ4n) is 1.79. The molecule has 1 fully saturated rings. The maximum atomic E-state index is 12.2. The van der Waals surface area contributed by atoms with Gasteiger partial charge in [0.1, 0.15) is 4.32 Å². The molecule has 1 amide bonds. The number of aromatic carboxylic acids is 1. The predicted octanol–water partition coefficient (Wildman–Crippen LogP) is -0.610. The average Bonchev–Trinajstić information content (AvgIpc) is 2.73. The highest BCUT2D eigenvalue weighted by molar-refractivity contribution is 8.26. The standard InChI is InChI=1S/C14H11NO5S2/c1-7(12(17)18)15-11(16)10(22-14(15)21)6-8-2-4-9(5-3-8)13(19)20/h2-7H,1H3,(H,17,18)(H,19,20)/p-2. The van der Waals surface area contributed by atoms with Crippen LogP contribution in [0.2, 0.25) is 0 Å². The molecule has 1 heterocycles. The minimum absolute atomic E-state index is 0.0234. The fourth-order valence-corrected chi connectivity index (χ4v) is 3.20. The zero-order valence-electron chi connectivity index (χ0n) is 11.3. The van der Waals surface area contributed by atoms with E-state index >= 15 is 0 Å². The summed E-state index contributed by atoms with van der Waals surface area (Å²) in [6, 6.07) is 4.58. The average molecular weight is 335 g/mol. The topological polar surface area (TPSA) is 101 Å². The number of amides is 1. The normalized spacial score (nSPS) is 17.9. The van der Waals surface area contributed by atoms with Crippen LogP contribution in [0.3, 0.4) is 0 Å². The Balaban J connectivity index is 2.26. The molecule has 0 N–H and O–H groups in total. The number of rotatable bonds is 4. The Hall–Kier alpha value is -2.19. The largest absolute Gasteiger partial charge is 0.548 e. The van der Waals surface area contributed by atoms with E-state index in [0.29, 0.717) is 5.56 Å². The molecule has 0 spiro atoms. The van der Waals surface area contributed by atoms with Crippen molar-refractivity contribution < 1.29 is 24.6 Å². The van der Waals surface area contributed by atoms with Gasteiger partial charge in [-0.25, -0.2) is 0 Å². The Morgan fingerprint density at radius 1 is 1.27 bits per heavy atom. The zero-order chi connectivity index (χ0) is 16.4. The van der Waals surface area contributed by atoms with E-state index in [-0.39, 0.29) is 14.8 Å². The third-order valence-corrected chi connectivity index (χ3v) is 4.33. The number of carbonyl (C=O) groups excluding carboxylic acids is 3. The summed E-state index contributed by atoms with van der Waals surface area (Å²) >= 11 is 5.99. The molecule has 22 heavy (non-hydrogen) atoms. The van der Waals surface area contributed by atoms with Crippen LogP contribution in [-0.2, 0) is 9.59 Å². The first-order valence-electron chi connectivity index (χ1n) is 6.10. The van der Waals surface area contributed by atoms with E-state index in [0.717, 1.165) is 16.7 Å². The van der Waals surface area contributed by atoms with Gasteiger partial charge < -0.3 is 19.8 Å². The first-order chi connectivity index (χ1) is 10.3. The second-order valence-electron chi connectivity index (χ2n) is 4.46. The molecule has 1 aromatic rings. The molecule has 1 aliphatic heterocycles. The van der Waals surface area contributed by atoms with Crippen LogP contribution in [0, 0.1) is 0 Å². The zero-order valence-corrected chi connectivity index (χ0v) is 12.9. The van der Waals surface area contributed by atoms with Gasteiger partial charge in [-0.15, -0.1) is 0 Å². The smallest absolute Gasteiger partial charge is 0.266 e. The number of carboxylic acids is 2. The van der Waals surface area contributed by atoms with Gasteiger partial charge in [0.15, 0.2) is 0 Å². The summed E-state index contributed by atoms with van der Waals surface area (Å²) in [5, 5.41) is 21.6. The lowest BCUT2D eigenvalue weighted by molar-refractivity contribution is -0.309. The molecule has 0 saturated carbocycles. The van der Waals surface area contributed by atoms with E-state index < -0.39 is 23.9 Å². The van der Waals surface area contributed by atoms with Gasteiger partial charge >= 0.3 is 0 Å². The van der Waals surface area contributed by atoms with E-state index in [1.54, 1.807) is 0 Å². The minimum Gasteiger partial charge on any atom is -0.548 e. The number of carbonyl (C=O) groups is 3. The van der Waals surface area contributed by atoms with Crippen molar-refractivity contribution in [1.29, 1.82) is 0 Å². The second-order valence-corrected chi connectivity index (χ2v) is 6.13. The van der Waals surface area contributed by atoms with Gasteiger partial charge in [0.25, 0.3) is 5.91 Å². The van der Waals surface area contributed by atoms with Crippen LogP contribution in [0.4, 0.5) is 0 Å². The number of carboxylic acid groups (broad SMARTS) is 2. The number of aliphatic carboxylic acids is 1. The van der Waals surface area contributed by atoms with E-state index in [1.165, 1.54) is 37.3 Å². The van der Waals surface area contributed by atoms with Crippen LogP contribution in [0.15, 0.2) is 29.2 Å². The van der Waals surface area contributed by atoms with Crippen LogP contribution in [-0.4, -0.2) is 33.1 Å². The Bertz CT molecular complexity index is 696. The molecule has 0 aromatic heterocycles. The first-order valence-corrected chi connectivity index (χ1v) is 7.33. The van der Waals surface area contributed by atoms with Crippen molar-refractivity contribution in [3.8, 4) is 0 Å². The summed E-state index contributed by atoms with van der Waals surface area (Å²) in [4.78, 5) is 35.0. The summed E-state index contributed by atoms with van der Waals surface area (Å²) in [5.74, 6) is -3.20. The van der Waals surface area contributed by atoms with Crippen molar-refractivity contribution in [1.82, 2.24) is 4.90 Å². The second kappa shape index (κ2) is 6.29. The molecule has 0 bridgehead atoms. The van der Waals surface area contributed by atoms with Crippen LogP contribution >= 0.6 is 24.0 Å². The van der Waals surface area contributed by atoms with Gasteiger partial charge in [0.05, 0.1) is 22.9 Å². The predicted molar refractivity (Wildman–Crippen MR) is 80.3 cm³/mol. The molecule has 2 rings (SSSR count). The maximum absolute atomic E-state index is 12.2. The lowest BCUT2D eigenvalue weighted by Crippen LogP contribution is -2.48. The summed E-state index contributed by atoms with van der Waals surface area (Å²) in [6.45, 7) is 1.32. The van der Waals surface area contributed by atoms with E-state index in [2.05, 4.69) is 0 Å². The quantitative estimate of drug-likeness (QED) is 0.534. The van der Waals surface area contributed by atoms with Crippen molar-refractivity contribution >= 4 is 52.2 Å². The SMILES string of the molecule is CC(C(=O)[O-])N1C(=O)C(=Cc2ccc(C(=O)[O-])cc2)SC1=S. The van der Waals surface area contributed by atoms with Crippen molar-refractivity contribution in [2.45, 2.75) is 13.0 Å². The van der Waals surface area contributed by atoms with E-state index in [4.69, 9.17) is 12.2 Å². The van der Waals surface area contributed by atoms with E-state index in [9.17, 15) is 24.6 Å². The molecule has 8 heteroatoms. The Labute approximate surface area is 135 Å². The van der Waals surface area contributed by atoms with Crippen LogP contribution in [0.25, 0.3) is 6.08 Å². The van der Waals surface area contributed by atoms with Crippen molar-refractivity contribution in [3.63, 3.8) is 0 Å². The van der Waals surface area contributed by atoms with Crippen LogP contribution in [0.1, 0.15) is 22.8 Å². The number of hydrogen-bond donors (Lipinski definition) is 0. The molecule has 1 aromatic carbocycles. The third-order valence-electron chi connectivity index (χ3n) is 3.00. The lowest BCUT2D eigenvalue weighted by atomic mass is 10.1. The third kappa shape index (κ3) is 3.18. The van der Waals surface area contributed by atoms with Gasteiger partial charge in [0, 0.05) is 0 Å². The lowest BCUT2D eigenvalue weighted by Gasteiger charge is -2.23. The molecule has 114 valence electrons.